The Morgan fingerprint density at radius 2 is 1.93 bits per heavy atom. The zero-order valence-corrected chi connectivity index (χ0v) is 8.59. The van der Waals surface area contributed by atoms with Crippen LogP contribution in [0.25, 0.3) is 0 Å². The molecule has 0 saturated heterocycles. The van der Waals surface area contributed by atoms with Crippen LogP contribution in [0.1, 0.15) is 24.8 Å². The second-order valence-electron chi connectivity index (χ2n) is 5.22. The van der Waals surface area contributed by atoms with Crippen LogP contribution in [0.15, 0.2) is 24.3 Å². The monoisotopic (exact) mass is 206 g/mol. The maximum absolute atomic E-state index is 13.4. The van der Waals surface area contributed by atoms with E-state index in [4.69, 9.17) is 5.84 Å². The van der Waals surface area contributed by atoms with Gasteiger partial charge in [-0.15, -0.1) is 0 Å². The van der Waals surface area contributed by atoms with Crippen molar-refractivity contribution in [2.75, 3.05) is 0 Å². The molecule has 4 rings (SSSR count). The van der Waals surface area contributed by atoms with Crippen molar-refractivity contribution in [1.82, 2.24) is 5.43 Å². The SMILES string of the molecule is NNC12CC(Cc3ccccc3F)(C1)C2. The summed E-state index contributed by atoms with van der Waals surface area (Å²) in [6, 6.07) is 7.07. The topological polar surface area (TPSA) is 38.0 Å². The molecular weight excluding hydrogens is 191 g/mol. The van der Waals surface area contributed by atoms with Crippen LogP contribution in [0.4, 0.5) is 4.39 Å². The van der Waals surface area contributed by atoms with E-state index in [1.807, 2.05) is 12.1 Å². The highest BCUT2D eigenvalue weighted by Gasteiger charge is 2.67. The van der Waals surface area contributed by atoms with E-state index < -0.39 is 0 Å². The maximum atomic E-state index is 13.4. The van der Waals surface area contributed by atoms with Crippen LogP contribution in [0.5, 0.6) is 0 Å². The second-order valence-corrected chi connectivity index (χ2v) is 5.22. The number of rotatable bonds is 3. The van der Waals surface area contributed by atoms with Crippen LogP contribution in [0.2, 0.25) is 0 Å². The minimum atomic E-state index is -0.0722. The molecule has 0 unspecified atom stereocenters. The van der Waals surface area contributed by atoms with Crippen molar-refractivity contribution in [3.63, 3.8) is 0 Å². The van der Waals surface area contributed by atoms with Gasteiger partial charge in [-0.05, 0) is 42.7 Å². The predicted octanol–water partition coefficient (Wildman–Crippen LogP) is 1.75. The average Bonchev–Trinajstić information content (AvgIpc) is 2.11. The van der Waals surface area contributed by atoms with Crippen LogP contribution in [0, 0.1) is 11.2 Å². The summed E-state index contributed by atoms with van der Waals surface area (Å²) in [7, 11) is 0. The summed E-state index contributed by atoms with van der Waals surface area (Å²) in [4.78, 5) is 0. The van der Waals surface area contributed by atoms with E-state index in [9.17, 15) is 4.39 Å². The number of halogens is 1. The number of hydrogen-bond donors (Lipinski definition) is 2. The minimum absolute atomic E-state index is 0.0722. The largest absolute Gasteiger partial charge is 0.271 e. The van der Waals surface area contributed by atoms with Crippen molar-refractivity contribution in [3.05, 3.63) is 35.6 Å². The molecule has 2 nitrogen and oxygen atoms in total. The smallest absolute Gasteiger partial charge is 0.126 e. The quantitative estimate of drug-likeness (QED) is 0.584. The lowest BCUT2D eigenvalue weighted by molar-refractivity contribution is -0.154. The third-order valence-electron chi connectivity index (χ3n) is 3.97. The fourth-order valence-electron chi connectivity index (χ4n) is 3.38. The average molecular weight is 206 g/mol. The van der Waals surface area contributed by atoms with E-state index in [1.54, 1.807) is 6.07 Å². The lowest BCUT2D eigenvalue weighted by Crippen LogP contribution is -2.75. The Balaban J connectivity index is 1.72. The first-order chi connectivity index (χ1) is 7.17. The zero-order valence-electron chi connectivity index (χ0n) is 8.59. The Hall–Kier alpha value is -0.930. The molecule has 3 fully saturated rings. The third kappa shape index (κ3) is 1.23. The van der Waals surface area contributed by atoms with Crippen molar-refractivity contribution in [2.45, 2.75) is 31.2 Å². The standard InChI is InChI=1S/C12H15FN2/c13-10-4-2-1-3-9(10)5-11-6-12(7-11,8-11)15-14/h1-4,15H,5-8,14H2. The number of benzene rings is 1. The van der Waals surface area contributed by atoms with E-state index in [1.165, 1.54) is 6.07 Å². The summed E-state index contributed by atoms with van der Waals surface area (Å²) in [5, 5.41) is 0. The van der Waals surface area contributed by atoms with Crippen LogP contribution >= 0.6 is 0 Å². The van der Waals surface area contributed by atoms with Crippen LogP contribution in [0.3, 0.4) is 0 Å². The molecule has 1 aromatic rings. The molecule has 3 N–H and O–H groups in total. The molecule has 0 heterocycles. The molecule has 0 radical (unpaired) electrons. The van der Waals surface area contributed by atoms with Gasteiger partial charge in [-0.2, -0.15) is 0 Å². The summed E-state index contributed by atoms with van der Waals surface area (Å²) in [5.74, 6) is 5.39. The van der Waals surface area contributed by atoms with Crippen molar-refractivity contribution in [3.8, 4) is 0 Å². The Labute approximate surface area is 88.6 Å². The fourth-order valence-corrected chi connectivity index (χ4v) is 3.38. The Morgan fingerprint density at radius 1 is 1.27 bits per heavy atom. The van der Waals surface area contributed by atoms with Gasteiger partial charge in [-0.3, -0.25) is 11.3 Å². The Bertz CT molecular complexity index is 383. The summed E-state index contributed by atoms with van der Waals surface area (Å²) < 4.78 is 13.4. The molecule has 3 saturated carbocycles. The van der Waals surface area contributed by atoms with Gasteiger partial charge in [0.05, 0.1) is 0 Å². The molecule has 80 valence electrons. The van der Waals surface area contributed by atoms with Gasteiger partial charge in [0.2, 0.25) is 0 Å². The Morgan fingerprint density at radius 3 is 2.53 bits per heavy atom. The van der Waals surface area contributed by atoms with Crippen molar-refractivity contribution in [2.24, 2.45) is 11.3 Å². The minimum Gasteiger partial charge on any atom is -0.271 e. The van der Waals surface area contributed by atoms with Crippen molar-refractivity contribution < 1.29 is 4.39 Å². The first-order valence-corrected chi connectivity index (χ1v) is 5.38. The first-order valence-electron chi connectivity index (χ1n) is 5.38. The van der Waals surface area contributed by atoms with E-state index >= 15 is 0 Å². The van der Waals surface area contributed by atoms with E-state index in [2.05, 4.69) is 5.43 Å². The molecule has 3 aliphatic rings. The number of nitrogens with one attached hydrogen (secondary N) is 1. The molecule has 15 heavy (non-hydrogen) atoms. The van der Waals surface area contributed by atoms with Crippen molar-refractivity contribution in [1.29, 1.82) is 0 Å². The Kier molecular flexibility index (Phi) is 1.74. The molecule has 3 heteroatoms. The lowest BCUT2D eigenvalue weighted by atomic mass is 9.38. The molecule has 2 bridgehead atoms. The molecular formula is C12H15FN2. The van der Waals surface area contributed by atoms with E-state index in [0.29, 0.717) is 5.41 Å². The molecule has 0 atom stereocenters. The number of hydrogen-bond acceptors (Lipinski definition) is 2. The number of nitrogens with two attached hydrogens (primary N) is 1. The van der Waals surface area contributed by atoms with Crippen molar-refractivity contribution >= 4 is 0 Å². The highest BCUT2D eigenvalue weighted by atomic mass is 19.1. The molecule has 0 amide bonds. The first kappa shape index (κ1) is 9.31. The van der Waals surface area contributed by atoms with Gasteiger partial charge in [-0.25, -0.2) is 4.39 Å². The summed E-state index contributed by atoms with van der Waals surface area (Å²) >= 11 is 0. The number of hydrazine groups is 1. The van der Waals surface area contributed by atoms with Crippen LogP contribution in [-0.4, -0.2) is 5.54 Å². The summed E-state index contributed by atoms with van der Waals surface area (Å²) in [5.41, 5.74) is 4.27. The third-order valence-corrected chi connectivity index (χ3v) is 3.97. The normalized spacial score (nSPS) is 36.9. The molecule has 0 aliphatic heterocycles. The maximum Gasteiger partial charge on any atom is 0.126 e. The predicted molar refractivity (Wildman–Crippen MR) is 56.4 cm³/mol. The molecule has 3 aliphatic carbocycles. The summed E-state index contributed by atoms with van der Waals surface area (Å²) in [6.07, 6.45) is 4.17. The fraction of sp³-hybridized carbons (Fsp3) is 0.500. The van der Waals surface area contributed by atoms with Gasteiger partial charge in [-0.1, -0.05) is 18.2 Å². The van der Waals surface area contributed by atoms with Crippen LogP contribution in [-0.2, 0) is 6.42 Å². The molecule has 0 aromatic heterocycles. The van der Waals surface area contributed by atoms with Gasteiger partial charge in [0.15, 0.2) is 0 Å². The van der Waals surface area contributed by atoms with Gasteiger partial charge in [0.1, 0.15) is 5.82 Å². The zero-order chi connectivity index (χ0) is 10.5. The van der Waals surface area contributed by atoms with Crippen LogP contribution < -0.4 is 11.3 Å². The molecule has 0 spiro atoms. The van der Waals surface area contributed by atoms with Gasteiger partial charge < -0.3 is 0 Å². The highest BCUT2D eigenvalue weighted by molar-refractivity contribution is 5.28. The second kappa shape index (κ2) is 2.80. The van der Waals surface area contributed by atoms with E-state index in [-0.39, 0.29) is 11.4 Å². The highest BCUT2D eigenvalue weighted by Crippen LogP contribution is 2.68. The van der Waals surface area contributed by atoms with E-state index in [0.717, 1.165) is 31.2 Å². The van der Waals surface area contributed by atoms with Gasteiger partial charge in [0.25, 0.3) is 0 Å². The molecule has 1 aromatic carbocycles. The van der Waals surface area contributed by atoms with Gasteiger partial charge in [0, 0.05) is 5.54 Å². The summed E-state index contributed by atoms with van der Waals surface area (Å²) in [6.45, 7) is 0. The lowest BCUT2D eigenvalue weighted by Gasteiger charge is -2.70. The van der Waals surface area contributed by atoms with Gasteiger partial charge >= 0.3 is 0 Å².